The van der Waals surface area contributed by atoms with Gasteiger partial charge in [0.1, 0.15) is 0 Å². The Kier molecular flexibility index (Phi) is 4.48. The van der Waals surface area contributed by atoms with Gasteiger partial charge in [-0.2, -0.15) is 0 Å². The summed E-state index contributed by atoms with van der Waals surface area (Å²) in [5.74, 6) is 0. The van der Waals surface area contributed by atoms with Crippen molar-refractivity contribution >= 4 is 37.4 Å². The van der Waals surface area contributed by atoms with Crippen LogP contribution in [0.5, 0.6) is 0 Å². The summed E-state index contributed by atoms with van der Waals surface area (Å²) in [5.41, 5.74) is 0. The zero-order valence-electron chi connectivity index (χ0n) is 5.68. The highest BCUT2D eigenvalue weighted by molar-refractivity contribution is 7.86. The van der Waals surface area contributed by atoms with Crippen molar-refractivity contribution in [1.82, 2.24) is 0 Å². The first-order valence-electron chi connectivity index (χ1n) is 2.52. The van der Waals surface area contributed by atoms with Gasteiger partial charge in [0.05, 0.1) is 18.0 Å². The summed E-state index contributed by atoms with van der Waals surface area (Å²) in [5, 5.41) is -0.568. The highest BCUT2D eigenvalue weighted by Crippen LogP contribution is 2.59. The van der Waals surface area contributed by atoms with E-state index in [0.717, 1.165) is 0 Å². The molecule has 9 heteroatoms. The van der Waals surface area contributed by atoms with Crippen molar-refractivity contribution in [2.24, 2.45) is 0 Å². The van der Waals surface area contributed by atoms with Crippen LogP contribution in [0.3, 0.4) is 0 Å². The van der Waals surface area contributed by atoms with Crippen molar-refractivity contribution < 1.29 is 23.0 Å². The Labute approximate surface area is 78.9 Å². The van der Waals surface area contributed by atoms with Gasteiger partial charge in [-0.25, -0.2) is 4.08 Å². The molecular weight excluding hydrogens is 249 g/mol. The first-order valence-corrected chi connectivity index (χ1v) is 7.15. The molecule has 0 radical (unpaired) electrons. The molecule has 0 amide bonds. The molecule has 1 unspecified atom stereocenters. The van der Waals surface area contributed by atoms with Crippen molar-refractivity contribution in [3.05, 3.63) is 11.9 Å². The van der Waals surface area contributed by atoms with E-state index in [1.54, 1.807) is 0 Å². The van der Waals surface area contributed by atoms with E-state index in [1.807, 2.05) is 0 Å². The van der Waals surface area contributed by atoms with E-state index in [9.17, 15) is 9.13 Å². The second-order valence-electron chi connectivity index (χ2n) is 1.93. The average Bonchev–Trinajstić information content (AvgIpc) is 1.85. The van der Waals surface area contributed by atoms with Crippen molar-refractivity contribution in [3.8, 4) is 0 Å². The molecule has 5 nitrogen and oxygen atoms in total. The Hall–Kier alpha value is 0.660. The molecule has 0 spiro atoms. The zero-order valence-corrected chi connectivity index (χ0v) is 8.98. The van der Waals surface area contributed by atoms with Gasteiger partial charge < -0.3 is 9.79 Å². The van der Waals surface area contributed by atoms with Crippen molar-refractivity contribution in [3.63, 3.8) is 0 Å². The fourth-order valence-corrected chi connectivity index (χ4v) is 2.94. The van der Waals surface area contributed by atoms with E-state index in [-0.39, 0.29) is 0 Å². The molecule has 12 heavy (non-hydrogen) atoms. The SMILES string of the molecule is C=C(CP(=O)(Cl)OCl)P(=O)(O)O. The van der Waals surface area contributed by atoms with Crippen LogP contribution in [-0.2, 0) is 13.2 Å². The highest BCUT2D eigenvalue weighted by Gasteiger charge is 2.28. The van der Waals surface area contributed by atoms with Crippen LogP contribution in [0.2, 0.25) is 0 Å². The van der Waals surface area contributed by atoms with Crippen LogP contribution >= 0.6 is 37.4 Å². The summed E-state index contributed by atoms with van der Waals surface area (Å²) < 4.78 is 25.1. The molecular formula is C3H6Cl2O5P2. The van der Waals surface area contributed by atoms with E-state index >= 15 is 0 Å². The standard InChI is InChI=1S/C3H6Cl2O5P2/c1-3(12(7,8)9)2-11(5,6)10-4/h1-2H2,(H2,7,8,9). The molecule has 2 N–H and O–H groups in total. The van der Waals surface area contributed by atoms with Crippen LogP contribution in [0.25, 0.3) is 0 Å². The number of allylic oxidation sites excluding steroid dienone is 1. The summed E-state index contributed by atoms with van der Waals surface area (Å²) >= 11 is 9.82. The lowest BCUT2D eigenvalue weighted by Gasteiger charge is -2.09. The molecule has 0 heterocycles. The number of rotatable bonds is 4. The van der Waals surface area contributed by atoms with Crippen LogP contribution in [0, 0.1) is 0 Å². The number of hydrogen-bond acceptors (Lipinski definition) is 3. The van der Waals surface area contributed by atoms with Gasteiger partial charge in [0.15, 0.2) is 0 Å². The Morgan fingerprint density at radius 1 is 1.50 bits per heavy atom. The predicted octanol–water partition coefficient (Wildman–Crippen LogP) is 2.28. The number of halogens is 2. The van der Waals surface area contributed by atoms with Gasteiger partial charge in [0, 0.05) is 5.31 Å². The molecule has 0 saturated carbocycles. The Morgan fingerprint density at radius 3 is 2.17 bits per heavy atom. The third-order valence-electron chi connectivity index (χ3n) is 0.886. The van der Waals surface area contributed by atoms with Gasteiger partial charge in [-0.05, 0) is 11.2 Å². The molecule has 0 aliphatic heterocycles. The van der Waals surface area contributed by atoms with Crippen molar-refractivity contribution in [2.75, 3.05) is 6.16 Å². The molecule has 0 aliphatic carbocycles. The van der Waals surface area contributed by atoms with Gasteiger partial charge in [-0.3, -0.25) is 9.13 Å². The predicted molar refractivity (Wildman–Crippen MR) is 46.4 cm³/mol. The number of hydrogen-bond donors (Lipinski definition) is 2. The minimum Gasteiger partial charge on any atom is -0.321 e. The maximum Gasteiger partial charge on any atom is 0.352 e. The zero-order chi connectivity index (χ0) is 9.99. The van der Waals surface area contributed by atoms with Gasteiger partial charge >= 0.3 is 14.3 Å². The minimum atomic E-state index is -4.46. The largest absolute Gasteiger partial charge is 0.352 e. The van der Waals surface area contributed by atoms with Gasteiger partial charge in [0.25, 0.3) is 0 Å². The summed E-state index contributed by atoms with van der Waals surface area (Å²) in [6.45, 7) is -0.679. The summed E-state index contributed by atoms with van der Waals surface area (Å²) in [4.78, 5) is 17.0. The lowest BCUT2D eigenvalue weighted by Crippen LogP contribution is -1.90. The molecule has 1 atom stereocenters. The second-order valence-corrected chi connectivity index (χ2v) is 7.24. The smallest absolute Gasteiger partial charge is 0.321 e. The first kappa shape index (κ1) is 12.7. The lowest BCUT2D eigenvalue weighted by atomic mass is 10.7. The highest BCUT2D eigenvalue weighted by atomic mass is 35.7. The molecule has 72 valence electrons. The van der Waals surface area contributed by atoms with E-state index < -0.39 is 25.8 Å². The molecule has 0 fully saturated rings. The second kappa shape index (κ2) is 4.25. The van der Waals surface area contributed by atoms with Crippen LogP contribution in [-0.4, -0.2) is 15.9 Å². The van der Waals surface area contributed by atoms with E-state index in [2.05, 4.69) is 10.7 Å². The van der Waals surface area contributed by atoms with Crippen LogP contribution < -0.4 is 0 Å². The normalized spacial score (nSPS) is 17.0. The summed E-state index contributed by atoms with van der Waals surface area (Å²) in [6, 6.07) is 0. The third-order valence-corrected chi connectivity index (χ3v) is 4.53. The first-order chi connectivity index (χ1) is 5.19. The van der Waals surface area contributed by atoms with Crippen molar-refractivity contribution in [1.29, 1.82) is 0 Å². The van der Waals surface area contributed by atoms with Gasteiger partial charge in [-0.1, -0.05) is 6.58 Å². The lowest BCUT2D eigenvalue weighted by molar-refractivity contribution is 0.382. The molecule has 0 aromatic carbocycles. The Balaban J connectivity index is 4.41. The van der Waals surface area contributed by atoms with Crippen LogP contribution in [0.15, 0.2) is 11.9 Å². The average molecular weight is 255 g/mol. The quantitative estimate of drug-likeness (QED) is 0.752. The maximum atomic E-state index is 10.8. The molecule has 0 aromatic heterocycles. The van der Waals surface area contributed by atoms with Gasteiger partial charge in [0.2, 0.25) is 0 Å². The molecule has 0 aromatic rings. The fraction of sp³-hybridized carbons (Fsp3) is 0.333. The maximum absolute atomic E-state index is 10.8. The molecule has 0 saturated heterocycles. The van der Waals surface area contributed by atoms with Crippen LogP contribution in [0.4, 0.5) is 0 Å². The van der Waals surface area contributed by atoms with E-state index in [4.69, 9.17) is 32.9 Å². The Morgan fingerprint density at radius 2 is 1.92 bits per heavy atom. The summed E-state index contributed by atoms with van der Waals surface area (Å²) in [6.07, 6.45) is -0.650. The van der Waals surface area contributed by atoms with Crippen LogP contribution in [0.1, 0.15) is 0 Å². The molecule has 0 rings (SSSR count). The topological polar surface area (TPSA) is 83.8 Å². The van der Waals surface area contributed by atoms with E-state index in [0.29, 0.717) is 0 Å². The third kappa shape index (κ3) is 4.63. The van der Waals surface area contributed by atoms with Gasteiger partial charge in [-0.15, -0.1) is 0 Å². The molecule has 0 aliphatic rings. The summed E-state index contributed by atoms with van der Waals surface area (Å²) in [7, 11) is -4.46. The fourth-order valence-electron chi connectivity index (χ4n) is 0.335. The van der Waals surface area contributed by atoms with Crippen molar-refractivity contribution in [2.45, 2.75) is 0 Å². The van der Waals surface area contributed by atoms with E-state index in [1.165, 1.54) is 0 Å². The molecule has 0 bridgehead atoms. The minimum absolute atomic E-state index is 0.568. The monoisotopic (exact) mass is 254 g/mol. The Bertz CT molecular complexity index is 270.